The summed E-state index contributed by atoms with van der Waals surface area (Å²) in [6.07, 6.45) is 3.58. The van der Waals surface area contributed by atoms with Crippen LogP contribution in [0.25, 0.3) is 0 Å². The van der Waals surface area contributed by atoms with E-state index in [1.54, 1.807) is 0 Å². The van der Waals surface area contributed by atoms with Crippen molar-refractivity contribution in [3.8, 4) is 0 Å². The molecule has 1 heterocycles. The SMILES string of the molecule is CCC(C)C(CO)NC1CCN(CC)CC1. The smallest absolute Gasteiger partial charge is 0.0587 e. The molecule has 0 radical (unpaired) electrons. The Morgan fingerprint density at radius 2 is 1.94 bits per heavy atom. The number of aliphatic hydroxyl groups is 1. The molecule has 1 saturated heterocycles. The molecule has 3 nitrogen and oxygen atoms in total. The van der Waals surface area contributed by atoms with Crippen LogP contribution in [0, 0.1) is 5.92 Å². The summed E-state index contributed by atoms with van der Waals surface area (Å²) in [6, 6.07) is 0.886. The zero-order chi connectivity index (χ0) is 12.0. The number of nitrogens with one attached hydrogen (secondary N) is 1. The lowest BCUT2D eigenvalue weighted by molar-refractivity contribution is 0.154. The molecule has 0 amide bonds. The zero-order valence-electron chi connectivity index (χ0n) is 11.1. The number of hydrogen-bond donors (Lipinski definition) is 2. The van der Waals surface area contributed by atoms with E-state index in [2.05, 4.69) is 31.0 Å². The molecule has 2 atom stereocenters. The van der Waals surface area contributed by atoms with Gasteiger partial charge in [0.15, 0.2) is 0 Å². The largest absolute Gasteiger partial charge is 0.395 e. The van der Waals surface area contributed by atoms with Crippen molar-refractivity contribution in [1.29, 1.82) is 0 Å². The molecule has 2 unspecified atom stereocenters. The van der Waals surface area contributed by atoms with Crippen LogP contribution in [0.3, 0.4) is 0 Å². The van der Waals surface area contributed by atoms with Gasteiger partial charge in [-0.05, 0) is 38.4 Å². The van der Waals surface area contributed by atoms with Crippen molar-refractivity contribution >= 4 is 0 Å². The van der Waals surface area contributed by atoms with Crippen molar-refractivity contribution in [1.82, 2.24) is 10.2 Å². The molecule has 0 aromatic heterocycles. The van der Waals surface area contributed by atoms with Crippen LogP contribution in [-0.4, -0.2) is 48.3 Å². The Morgan fingerprint density at radius 3 is 2.38 bits per heavy atom. The summed E-state index contributed by atoms with van der Waals surface area (Å²) in [5.41, 5.74) is 0. The predicted octanol–water partition coefficient (Wildman–Crippen LogP) is 1.47. The standard InChI is InChI=1S/C13H28N2O/c1-4-11(3)13(10-16)14-12-6-8-15(5-2)9-7-12/h11-14,16H,4-10H2,1-3H3. The number of aliphatic hydroxyl groups excluding tert-OH is 1. The molecule has 1 fully saturated rings. The number of hydrogen-bond acceptors (Lipinski definition) is 3. The van der Waals surface area contributed by atoms with E-state index in [4.69, 9.17) is 0 Å². The summed E-state index contributed by atoms with van der Waals surface area (Å²) in [5, 5.41) is 13.0. The van der Waals surface area contributed by atoms with Gasteiger partial charge in [-0.3, -0.25) is 0 Å². The normalized spacial score (nSPS) is 23.2. The van der Waals surface area contributed by atoms with E-state index < -0.39 is 0 Å². The van der Waals surface area contributed by atoms with Gasteiger partial charge in [0.2, 0.25) is 0 Å². The average Bonchev–Trinajstić information content (AvgIpc) is 2.35. The Labute approximate surface area is 100 Å². The molecule has 0 bridgehead atoms. The summed E-state index contributed by atoms with van der Waals surface area (Å²) in [7, 11) is 0. The van der Waals surface area contributed by atoms with E-state index in [1.807, 2.05) is 0 Å². The van der Waals surface area contributed by atoms with Gasteiger partial charge in [-0.25, -0.2) is 0 Å². The lowest BCUT2D eigenvalue weighted by atomic mass is 9.96. The van der Waals surface area contributed by atoms with Crippen LogP contribution in [0.1, 0.15) is 40.0 Å². The van der Waals surface area contributed by atoms with E-state index in [0.717, 1.165) is 6.42 Å². The highest BCUT2D eigenvalue weighted by Crippen LogP contribution is 2.14. The van der Waals surface area contributed by atoms with E-state index in [-0.39, 0.29) is 12.6 Å². The van der Waals surface area contributed by atoms with Crippen LogP contribution in [-0.2, 0) is 0 Å². The third-order valence-corrected chi connectivity index (χ3v) is 4.01. The van der Waals surface area contributed by atoms with Gasteiger partial charge in [-0.15, -0.1) is 0 Å². The minimum Gasteiger partial charge on any atom is -0.395 e. The molecular weight excluding hydrogens is 200 g/mol. The fraction of sp³-hybridized carbons (Fsp3) is 1.00. The van der Waals surface area contributed by atoms with Gasteiger partial charge in [0.1, 0.15) is 0 Å². The molecular formula is C13H28N2O. The van der Waals surface area contributed by atoms with Gasteiger partial charge in [-0.2, -0.15) is 0 Å². The maximum atomic E-state index is 9.38. The maximum absolute atomic E-state index is 9.38. The predicted molar refractivity (Wildman–Crippen MR) is 68.6 cm³/mol. The quantitative estimate of drug-likeness (QED) is 0.722. The Bertz CT molecular complexity index is 179. The Morgan fingerprint density at radius 1 is 1.31 bits per heavy atom. The molecule has 0 saturated carbocycles. The highest BCUT2D eigenvalue weighted by molar-refractivity contribution is 4.82. The van der Waals surface area contributed by atoms with Crippen molar-refractivity contribution in [2.75, 3.05) is 26.2 Å². The first-order valence-corrected chi connectivity index (χ1v) is 6.80. The number of piperidine rings is 1. The van der Waals surface area contributed by atoms with Crippen LogP contribution >= 0.6 is 0 Å². The Balaban J connectivity index is 2.31. The van der Waals surface area contributed by atoms with Gasteiger partial charge < -0.3 is 15.3 Å². The number of likely N-dealkylation sites (tertiary alicyclic amines) is 1. The summed E-state index contributed by atoms with van der Waals surface area (Å²) in [5.74, 6) is 0.564. The molecule has 0 aliphatic carbocycles. The van der Waals surface area contributed by atoms with Crippen molar-refractivity contribution in [2.24, 2.45) is 5.92 Å². The number of nitrogens with zero attached hydrogens (tertiary/aromatic N) is 1. The summed E-state index contributed by atoms with van der Waals surface area (Å²) in [6.45, 7) is 10.5. The highest BCUT2D eigenvalue weighted by Gasteiger charge is 2.22. The average molecular weight is 228 g/mol. The zero-order valence-corrected chi connectivity index (χ0v) is 11.1. The van der Waals surface area contributed by atoms with Crippen LogP contribution in [0.2, 0.25) is 0 Å². The second-order valence-corrected chi connectivity index (χ2v) is 5.05. The molecule has 0 aromatic carbocycles. The van der Waals surface area contributed by atoms with Crippen molar-refractivity contribution in [2.45, 2.75) is 52.1 Å². The monoisotopic (exact) mass is 228 g/mol. The molecule has 3 heteroatoms. The van der Waals surface area contributed by atoms with Gasteiger partial charge >= 0.3 is 0 Å². The van der Waals surface area contributed by atoms with Crippen LogP contribution in [0.15, 0.2) is 0 Å². The molecule has 1 aliphatic heterocycles. The summed E-state index contributed by atoms with van der Waals surface area (Å²) in [4.78, 5) is 2.50. The Hall–Kier alpha value is -0.120. The van der Waals surface area contributed by atoms with E-state index in [9.17, 15) is 5.11 Å². The van der Waals surface area contributed by atoms with Crippen molar-refractivity contribution in [3.63, 3.8) is 0 Å². The lowest BCUT2D eigenvalue weighted by Gasteiger charge is -2.35. The minimum atomic E-state index is 0.267. The molecule has 0 spiro atoms. The maximum Gasteiger partial charge on any atom is 0.0587 e. The summed E-state index contributed by atoms with van der Waals surface area (Å²) >= 11 is 0. The van der Waals surface area contributed by atoms with Gasteiger partial charge in [0.05, 0.1) is 6.61 Å². The lowest BCUT2D eigenvalue weighted by Crippen LogP contribution is -2.49. The van der Waals surface area contributed by atoms with Crippen molar-refractivity contribution < 1.29 is 5.11 Å². The summed E-state index contributed by atoms with van der Waals surface area (Å²) < 4.78 is 0. The van der Waals surface area contributed by atoms with Crippen LogP contribution < -0.4 is 5.32 Å². The number of rotatable bonds is 6. The van der Waals surface area contributed by atoms with Gasteiger partial charge in [0, 0.05) is 12.1 Å². The first kappa shape index (κ1) is 13.9. The van der Waals surface area contributed by atoms with Crippen LogP contribution in [0.5, 0.6) is 0 Å². The first-order chi connectivity index (χ1) is 7.71. The van der Waals surface area contributed by atoms with Gasteiger partial charge in [-0.1, -0.05) is 27.2 Å². The fourth-order valence-electron chi connectivity index (χ4n) is 2.40. The van der Waals surface area contributed by atoms with Gasteiger partial charge in [0.25, 0.3) is 0 Å². The van der Waals surface area contributed by atoms with Crippen LogP contribution in [0.4, 0.5) is 0 Å². The second kappa shape index (κ2) is 7.25. The third kappa shape index (κ3) is 4.04. The van der Waals surface area contributed by atoms with E-state index in [1.165, 1.54) is 32.5 Å². The van der Waals surface area contributed by atoms with Crippen molar-refractivity contribution in [3.05, 3.63) is 0 Å². The fourth-order valence-corrected chi connectivity index (χ4v) is 2.40. The molecule has 0 aromatic rings. The van der Waals surface area contributed by atoms with E-state index in [0.29, 0.717) is 12.0 Å². The second-order valence-electron chi connectivity index (χ2n) is 5.05. The topological polar surface area (TPSA) is 35.5 Å². The highest BCUT2D eigenvalue weighted by atomic mass is 16.3. The molecule has 1 rings (SSSR count). The minimum absolute atomic E-state index is 0.267. The van der Waals surface area contributed by atoms with E-state index >= 15 is 0 Å². The Kier molecular flexibility index (Phi) is 6.32. The molecule has 16 heavy (non-hydrogen) atoms. The molecule has 1 aliphatic rings. The molecule has 2 N–H and O–H groups in total. The molecule has 96 valence electrons. The first-order valence-electron chi connectivity index (χ1n) is 6.80. The third-order valence-electron chi connectivity index (χ3n) is 4.01.